The Morgan fingerprint density at radius 3 is 2.47 bits per heavy atom. The van der Waals surface area contributed by atoms with Gasteiger partial charge < -0.3 is 5.11 Å². The predicted octanol–water partition coefficient (Wildman–Crippen LogP) is 2.66. The molecule has 1 aliphatic carbocycles. The highest BCUT2D eigenvalue weighted by atomic mass is 35.5. The van der Waals surface area contributed by atoms with Crippen molar-refractivity contribution >= 4 is 17.4 Å². The van der Waals surface area contributed by atoms with Gasteiger partial charge in [-0.15, -0.1) is 0 Å². The van der Waals surface area contributed by atoms with Crippen LogP contribution in [0.2, 0.25) is 5.02 Å². The highest BCUT2D eigenvalue weighted by Gasteiger charge is 2.23. The maximum atomic E-state index is 11.4. The van der Waals surface area contributed by atoms with E-state index < -0.39 is 6.10 Å². The van der Waals surface area contributed by atoms with E-state index in [-0.39, 0.29) is 5.78 Å². The standard InChI is InChI=1S/C12H11ClO2/c13-9-6-4-8(5-7-9)12(15)10-2-1-3-11(10)14/h2,4-7,12,15H,1,3H2. The molecule has 0 radical (unpaired) electrons. The first-order chi connectivity index (χ1) is 7.18. The molecule has 0 saturated heterocycles. The van der Waals surface area contributed by atoms with Crippen molar-refractivity contribution in [3.8, 4) is 0 Å². The number of carbonyl (C=O) groups is 1. The van der Waals surface area contributed by atoms with Crippen molar-refractivity contribution in [3.05, 3.63) is 46.5 Å². The Balaban J connectivity index is 2.24. The third-order valence-corrected chi connectivity index (χ3v) is 2.79. The monoisotopic (exact) mass is 222 g/mol. The molecule has 0 spiro atoms. The number of hydrogen-bond donors (Lipinski definition) is 1. The Labute approximate surface area is 93.2 Å². The van der Waals surface area contributed by atoms with Crippen molar-refractivity contribution in [1.29, 1.82) is 0 Å². The van der Waals surface area contributed by atoms with Gasteiger partial charge in [0.15, 0.2) is 5.78 Å². The third kappa shape index (κ3) is 2.11. The lowest BCUT2D eigenvalue weighted by atomic mass is 10.0. The summed E-state index contributed by atoms with van der Waals surface area (Å²) in [7, 11) is 0. The lowest BCUT2D eigenvalue weighted by molar-refractivity contribution is -0.115. The number of aliphatic hydroxyl groups is 1. The van der Waals surface area contributed by atoms with Gasteiger partial charge in [-0.1, -0.05) is 29.8 Å². The summed E-state index contributed by atoms with van der Waals surface area (Å²) in [6.07, 6.45) is 2.25. The molecule has 1 aromatic carbocycles. The molecule has 15 heavy (non-hydrogen) atoms. The fourth-order valence-electron chi connectivity index (χ4n) is 1.71. The molecule has 1 aliphatic rings. The van der Waals surface area contributed by atoms with Crippen LogP contribution < -0.4 is 0 Å². The van der Waals surface area contributed by atoms with Crippen LogP contribution >= 0.6 is 11.6 Å². The summed E-state index contributed by atoms with van der Waals surface area (Å²) in [5.41, 5.74) is 1.22. The first kappa shape index (κ1) is 10.4. The smallest absolute Gasteiger partial charge is 0.161 e. The molecular formula is C12H11ClO2. The average Bonchev–Trinajstić information content (AvgIpc) is 2.65. The number of ketones is 1. The number of benzene rings is 1. The molecule has 0 amide bonds. The molecule has 2 nitrogen and oxygen atoms in total. The molecule has 0 bridgehead atoms. The van der Waals surface area contributed by atoms with Gasteiger partial charge in [0.05, 0.1) is 0 Å². The number of Topliss-reactive ketones (excluding diaryl/α,β-unsaturated/α-hetero) is 1. The maximum Gasteiger partial charge on any atom is 0.161 e. The Morgan fingerprint density at radius 1 is 1.27 bits per heavy atom. The zero-order valence-electron chi connectivity index (χ0n) is 8.11. The molecule has 2 rings (SSSR count). The molecule has 78 valence electrons. The fourth-order valence-corrected chi connectivity index (χ4v) is 1.83. The topological polar surface area (TPSA) is 37.3 Å². The highest BCUT2D eigenvalue weighted by Crippen LogP contribution is 2.28. The lowest BCUT2D eigenvalue weighted by Gasteiger charge is -2.11. The van der Waals surface area contributed by atoms with Crippen LogP contribution in [0.4, 0.5) is 0 Å². The largest absolute Gasteiger partial charge is 0.384 e. The van der Waals surface area contributed by atoms with E-state index in [1.165, 1.54) is 0 Å². The van der Waals surface area contributed by atoms with Crippen molar-refractivity contribution in [2.24, 2.45) is 0 Å². The van der Waals surface area contributed by atoms with Gasteiger partial charge in [-0.3, -0.25) is 4.79 Å². The normalized spacial score (nSPS) is 17.7. The number of aliphatic hydroxyl groups excluding tert-OH is 1. The van der Waals surface area contributed by atoms with Gasteiger partial charge in [0.1, 0.15) is 6.10 Å². The van der Waals surface area contributed by atoms with Gasteiger partial charge in [0.2, 0.25) is 0 Å². The van der Waals surface area contributed by atoms with Crippen LogP contribution in [-0.4, -0.2) is 10.9 Å². The third-order valence-electron chi connectivity index (χ3n) is 2.54. The molecular weight excluding hydrogens is 212 g/mol. The summed E-state index contributed by atoms with van der Waals surface area (Å²) in [6.45, 7) is 0. The summed E-state index contributed by atoms with van der Waals surface area (Å²) < 4.78 is 0. The van der Waals surface area contributed by atoms with Gasteiger partial charge in [-0.25, -0.2) is 0 Å². The number of carbonyl (C=O) groups excluding carboxylic acids is 1. The zero-order valence-corrected chi connectivity index (χ0v) is 8.87. The first-order valence-corrected chi connectivity index (χ1v) is 5.23. The van der Waals surface area contributed by atoms with Gasteiger partial charge in [0.25, 0.3) is 0 Å². The second kappa shape index (κ2) is 4.17. The van der Waals surface area contributed by atoms with Crippen molar-refractivity contribution in [3.63, 3.8) is 0 Å². The minimum absolute atomic E-state index is 0.0393. The summed E-state index contributed by atoms with van der Waals surface area (Å²) in [5.74, 6) is 0.0393. The molecule has 0 heterocycles. The molecule has 1 atom stereocenters. The summed E-state index contributed by atoms with van der Waals surface area (Å²) in [6, 6.07) is 6.89. The van der Waals surface area contributed by atoms with E-state index in [0.717, 1.165) is 6.42 Å². The van der Waals surface area contributed by atoms with Crippen molar-refractivity contribution < 1.29 is 9.90 Å². The van der Waals surface area contributed by atoms with Crippen LogP contribution in [0.5, 0.6) is 0 Å². The predicted molar refractivity (Wildman–Crippen MR) is 58.7 cm³/mol. The molecule has 0 fully saturated rings. The highest BCUT2D eigenvalue weighted by molar-refractivity contribution is 6.30. The van der Waals surface area contributed by atoms with Crippen molar-refractivity contribution in [2.45, 2.75) is 18.9 Å². The van der Waals surface area contributed by atoms with E-state index in [1.807, 2.05) is 6.08 Å². The number of allylic oxidation sites excluding steroid dienone is 1. The van der Waals surface area contributed by atoms with Gasteiger partial charge in [-0.2, -0.15) is 0 Å². The van der Waals surface area contributed by atoms with E-state index in [4.69, 9.17) is 11.6 Å². The Morgan fingerprint density at radius 2 is 1.93 bits per heavy atom. The Bertz CT molecular complexity index is 406. The molecule has 1 unspecified atom stereocenters. The molecule has 3 heteroatoms. The van der Waals surface area contributed by atoms with E-state index >= 15 is 0 Å². The summed E-state index contributed by atoms with van der Waals surface area (Å²) in [5, 5.41) is 10.6. The van der Waals surface area contributed by atoms with Crippen LogP contribution in [-0.2, 0) is 4.79 Å². The number of halogens is 1. The molecule has 0 saturated carbocycles. The van der Waals surface area contributed by atoms with Crippen LogP contribution in [0, 0.1) is 0 Å². The molecule has 0 aliphatic heterocycles. The molecule has 1 N–H and O–H groups in total. The van der Waals surface area contributed by atoms with E-state index in [2.05, 4.69) is 0 Å². The minimum atomic E-state index is -0.808. The van der Waals surface area contributed by atoms with Gasteiger partial charge in [0, 0.05) is 17.0 Å². The van der Waals surface area contributed by atoms with Gasteiger partial charge >= 0.3 is 0 Å². The first-order valence-electron chi connectivity index (χ1n) is 4.85. The van der Waals surface area contributed by atoms with Crippen LogP contribution in [0.15, 0.2) is 35.9 Å². The second-order valence-electron chi connectivity index (χ2n) is 3.58. The maximum absolute atomic E-state index is 11.4. The minimum Gasteiger partial charge on any atom is -0.384 e. The quantitative estimate of drug-likeness (QED) is 0.836. The summed E-state index contributed by atoms with van der Waals surface area (Å²) >= 11 is 5.74. The van der Waals surface area contributed by atoms with E-state index in [1.54, 1.807) is 24.3 Å². The van der Waals surface area contributed by atoms with Gasteiger partial charge in [-0.05, 0) is 24.1 Å². The number of rotatable bonds is 2. The fraction of sp³-hybridized carbons (Fsp3) is 0.250. The van der Waals surface area contributed by atoms with Crippen LogP contribution in [0.25, 0.3) is 0 Å². The zero-order chi connectivity index (χ0) is 10.8. The van der Waals surface area contributed by atoms with E-state index in [0.29, 0.717) is 22.6 Å². The second-order valence-corrected chi connectivity index (χ2v) is 4.01. The molecule has 1 aromatic rings. The van der Waals surface area contributed by atoms with Crippen molar-refractivity contribution in [2.75, 3.05) is 0 Å². The lowest BCUT2D eigenvalue weighted by Crippen LogP contribution is -2.07. The van der Waals surface area contributed by atoms with Crippen LogP contribution in [0.3, 0.4) is 0 Å². The Kier molecular flexibility index (Phi) is 2.89. The van der Waals surface area contributed by atoms with Crippen LogP contribution in [0.1, 0.15) is 24.5 Å². The van der Waals surface area contributed by atoms with E-state index in [9.17, 15) is 9.90 Å². The summed E-state index contributed by atoms with van der Waals surface area (Å²) in [4.78, 5) is 11.4. The Hall–Kier alpha value is -1.12. The molecule has 0 aromatic heterocycles. The SMILES string of the molecule is O=C1CCC=C1C(O)c1ccc(Cl)cc1. The van der Waals surface area contributed by atoms with Crippen molar-refractivity contribution in [1.82, 2.24) is 0 Å². The average molecular weight is 223 g/mol. The number of hydrogen-bond acceptors (Lipinski definition) is 2.